The molecule has 0 bridgehead atoms. The first-order valence-corrected chi connectivity index (χ1v) is 12.0. The number of amides is 2. The minimum atomic E-state index is -3.84. The normalized spacial score (nSPS) is 20.2. The van der Waals surface area contributed by atoms with Crippen molar-refractivity contribution < 1.29 is 18.0 Å². The Kier molecular flexibility index (Phi) is 5.46. The number of carbonyl (C=O) groups is 2. The fourth-order valence-corrected chi connectivity index (χ4v) is 6.38. The summed E-state index contributed by atoms with van der Waals surface area (Å²) in [5, 5.41) is 4.68. The number of rotatable bonds is 4. The number of thiophene rings is 1. The number of carbonyl (C=O) groups excluding carboxylic acids is 2. The summed E-state index contributed by atoms with van der Waals surface area (Å²) < 4.78 is 27.1. The second kappa shape index (κ2) is 7.89. The highest BCUT2D eigenvalue weighted by Crippen LogP contribution is 2.36. The molecule has 1 aromatic heterocycles. The summed E-state index contributed by atoms with van der Waals surface area (Å²) in [6, 6.07) is 8.23. The van der Waals surface area contributed by atoms with E-state index in [2.05, 4.69) is 23.7 Å². The molecule has 4 rings (SSSR count). The maximum Gasteiger partial charge on any atom is 0.254 e. The summed E-state index contributed by atoms with van der Waals surface area (Å²) in [7, 11) is -3.84. The molecule has 0 saturated carbocycles. The van der Waals surface area contributed by atoms with Crippen LogP contribution in [0.25, 0.3) is 0 Å². The van der Waals surface area contributed by atoms with Gasteiger partial charge in [0.1, 0.15) is 0 Å². The van der Waals surface area contributed by atoms with E-state index in [1.54, 1.807) is 23.5 Å². The fourth-order valence-electron chi connectivity index (χ4n) is 4.00. The van der Waals surface area contributed by atoms with Crippen molar-refractivity contribution in [3.05, 3.63) is 51.7 Å². The highest BCUT2D eigenvalue weighted by molar-refractivity contribution is 7.89. The minimum absolute atomic E-state index is 0.00329. The molecule has 7 nitrogen and oxygen atoms in total. The average Bonchev–Trinajstić information content (AvgIpc) is 3.21. The van der Waals surface area contributed by atoms with Gasteiger partial charge >= 0.3 is 0 Å². The van der Waals surface area contributed by atoms with Crippen LogP contribution in [0.2, 0.25) is 0 Å². The topological polar surface area (TPSA) is 86.8 Å². The van der Waals surface area contributed by atoms with Gasteiger partial charge in [0, 0.05) is 30.1 Å². The molecule has 1 aromatic carbocycles. The van der Waals surface area contributed by atoms with Gasteiger partial charge in [-0.05, 0) is 48.1 Å². The van der Waals surface area contributed by atoms with E-state index >= 15 is 0 Å². The van der Waals surface area contributed by atoms with Crippen LogP contribution in [0.3, 0.4) is 0 Å². The smallest absolute Gasteiger partial charge is 0.254 e. The van der Waals surface area contributed by atoms with Crippen molar-refractivity contribution in [3.63, 3.8) is 0 Å². The monoisotopic (exact) mass is 433 g/mol. The number of piperazine rings is 1. The number of hydrogen-bond acceptors (Lipinski definition) is 5. The molecule has 2 aromatic rings. The van der Waals surface area contributed by atoms with Crippen molar-refractivity contribution in [1.29, 1.82) is 0 Å². The Morgan fingerprint density at radius 2 is 2.10 bits per heavy atom. The summed E-state index contributed by atoms with van der Waals surface area (Å²) in [6.07, 6.45) is 1.62. The summed E-state index contributed by atoms with van der Waals surface area (Å²) in [5.41, 5.74) is 1.55. The average molecular weight is 434 g/mol. The van der Waals surface area contributed by atoms with Crippen molar-refractivity contribution in [3.8, 4) is 0 Å². The molecule has 2 aliphatic heterocycles. The summed E-state index contributed by atoms with van der Waals surface area (Å²) in [4.78, 5) is 28.1. The van der Waals surface area contributed by atoms with Gasteiger partial charge in [-0.2, -0.15) is 4.31 Å². The minimum Gasteiger partial charge on any atom is -0.354 e. The molecule has 0 radical (unpaired) electrons. The second-order valence-corrected chi connectivity index (χ2v) is 10.1. The largest absolute Gasteiger partial charge is 0.354 e. The molecular formula is C20H23N3O4S2. The number of fused-ring (bicyclic) bond motifs is 1. The second-order valence-electron chi connectivity index (χ2n) is 7.19. The maximum atomic E-state index is 13.3. The molecule has 9 heteroatoms. The molecule has 154 valence electrons. The number of sulfonamides is 1. The molecule has 3 heterocycles. The van der Waals surface area contributed by atoms with Crippen molar-refractivity contribution in [1.82, 2.24) is 14.5 Å². The number of hydrogen-bond donors (Lipinski definition) is 1. The van der Waals surface area contributed by atoms with Gasteiger partial charge in [0.05, 0.1) is 17.5 Å². The molecule has 1 saturated heterocycles. The van der Waals surface area contributed by atoms with E-state index in [0.717, 1.165) is 17.1 Å². The van der Waals surface area contributed by atoms with Crippen LogP contribution in [0.4, 0.5) is 0 Å². The van der Waals surface area contributed by atoms with Crippen LogP contribution in [-0.4, -0.2) is 55.6 Å². The van der Waals surface area contributed by atoms with Crippen LogP contribution in [0.5, 0.6) is 0 Å². The van der Waals surface area contributed by atoms with E-state index in [1.807, 2.05) is 4.90 Å². The first-order chi connectivity index (χ1) is 13.9. The lowest BCUT2D eigenvalue weighted by Gasteiger charge is -2.35. The highest BCUT2D eigenvalue weighted by atomic mass is 32.2. The Bertz CT molecular complexity index is 1050. The van der Waals surface area contributed by atoms with Gasteiger partial charge in [-0.25, -0.2) is 8.42 Å². The van der Waals surface area contributed by atoms with E-state index in [0.29, 0.717) is 12.1 Å². The van der Waals surface area contributed by atoms with Crippen LogP contribution < -0.4 is 5.32 Å². The maximum absolute atomic E-state index is 13.3. The van der Waals surface area contributed by atoms with Gasteiger partial charge in [0.2, 0.25) is 15.9 Å². The zero-order valence-corrected chi connectivity index (χ0v) is 17.8. The molecule has 0 spiro atoms. The first-order valence-electron chi connectivity index (χ1n) is 9.66. The summed E-state index contributed by atoms with van der Waals surface area (Å²) >= 11 is 1.72. The van der Waals surface area contributed by atoms with Crippen molar-refractivity contribution in [2.24, 2.45) is 0 Å². The highest BCUT2D eigenvalue weighted by Gasteiger charge is 2.33. The van der Waals surface area contributed by atoms with E-state index in [1.165, 1.54) is 22.6 Å². The predicted molar refractivity (Wildman–Crippen MR) is 110 cm³/mol. The standard InChI is InChI=1S/C20H23N3O4S2/c1-2-17-16-7-11-28-18(16)6-9-23(17)20(25)14-4-3-5-15(12-14)29(26,27)22-10-8-21-19(24)13-22/h3-5,7,11-12,17H,2,6,8-10,13H2,1H3,(H,21,24). The lowest BCUT2D eigenvalue weighted by molar-refractivity contribution is -0.122. The Morgan fingerprint density at radius 3 is 2.86 bits per heavy atom. The Labute approximate surface area is 174 Å². The molecule has 2 amide bonds. The Hall–Kier alpha value is -2.23. The van der Waals surface area contributed by atoms with Crippen LogP contribution >= 0.6 is 11.3 Å². The fraction of sp³-hybridized carbons (Fsp3) is 0.400. The van der Waals surface area contributed by atoms with Gasteiger partial charge in [0.25, 0.3) is 5.91 Å². The zero-order chi connectivity index (χ0) is 20.6. The van der Waals surface area contributed by atoms with E-state index in [9.17, 15) is 18.0 Å². The van der Waals surface area contributed by atoms with Gasteiger partial charge in [0.15, 0.2) is 0 Å². The van der Waals surface area contributed by atoms with Gasteiger partial charge in [-0.1, -0.05) is 13.0 Å². The van der Waals surface area contributed by atoms with Crippen LogP contribution in [-0.2, 0) is 21.2 Å². The predicted octanol–water partition coefficient (Wildman–Crippen LogP) is 2.02. The Balaban J connectivity index is 1.62. The third-order valence-electron chi connectivity index (χ3n) is 5.46. The van der Waals surface area contributed by atoms with Crippen LogP contribution in [0, 0.1) is 0 Å². The van der Waals surface area contributed by atoms with E-state index < -0.39 is 10.0 Å². The quantitative estimate of drug-likeness (QED) is 0.799. The van der Waals surface area contributed by atoms with E-state index in [-0.39, 0.29) is 42.4 Å². The SMILES string of the molecule is CCC1c2ccsc2CCN1C(=O)c1cccc(S(=O)(=O)N2CCNC(=O)C2)c1. The third-order valence-corrected chi connectivity index (χ3v) is 8.30. The lowest BCUT2D eigenvalue weighted by Crippen LogP contribution is -2.49. The summed E-state index contributed by atoms with van der Waals surface area (Å²) in [5.74, 6) is -0.486. The molecule has 1 unspecified atom stereocenters. The number of benzene rings is 1. The van der Waals surface area contributed by atoms with E-state index in [4.69, 9.17) is 0 Å². The Morgan fingerprint density at radius 1 is 1.28 bits per heavy atom. The molecule has 0 aliphatic carbocycles. The van der Waals surface area contributed by atoms with Crippen LogP contribution in [0.15, 0.2) is 40.6 Å². The summed E-state index contributed by atoms with van der Waals surface area (Å²) in [6.45, 7) is 2.97. The molecular weight excluding hydrogens is 410 g/mol. The number of nitrogens with one attached hydrogen (secondary N) is 1. The van der Waals surface area contributed by atoms with Crippen molar-refractivity contribution >= 4 is 33.2 Å². The van der Waals surface area contributed by atoms with Crippen molar-refractivity contribution in [2.45, 2.75) is 30.7 Å². The molecule has 2 aliphatic rings. The van der Waals surface area contributed by atoms with Gasteiger partial charge in [-0.3, -0.25) is 9.59 Å². The van der Waals surface area contributed by atoms with Crippen LogP contribution in [0.1, 0.15) is 40.2 Å². The lowest BCUT2D eigenvalue weighted by atomic mass is 9.97. The zero-order valence-electron chi connectivity index (χ0n) is 16.1. The molecule has 1 atom stereocenters. The van der Waals surface area contributed by atoms with Crippen molar-refractivity contribution in [2.75, 3.05) is 26.2 Å². The van der Waals surface area contributed by atoms with Gasteiger partial charge in [-0.15, -0.1) is 11.3 Å². The molecule has 1 N–H and O–H groups in total. The van der Waals surface area contributed by atoms with Gasteiger partial charge < -0.3 is 10.2 Å². The number of nitrogens with zero attached hydrogens (tertiary/aromatic N) is 2. The molecule has 1 fully saturated rings. The molecule has 29 heavy (non-hydrogen) atoms. The third kappa shape index (κ3) is 3.70. The first kappa shape index (κ1) is 20.1.